The summed E-state index contributed by atoms with van der Waals surface area (Å²) in [6.07, 6.45) is 1.55. The SMILES string of the molecule is CCCNCc1ccc(CN2CC(OC)C(OC)C2)cc1. The Bertz CT molecular complexity index is 396. The van der Waals surface area contributed by atoms with E-state index in [4.69, 9.17) is 9.47 Å². The lowest BCUT2D eigenvalue weighted by molar-refractivity contribution is -0.00461. The first-order valence-corrected chi connectivity index (χ1v) is 7.83. The Morgan fingerprint density at radius 3 is 2.14 bits per heavy atom. The van der Waals surface area contributed by atoms with Gasteiger partial charge in [0.2, 0.25) is 0 Å². The maximum atomic E-state index is 5.48. The van der Waals surface area contributed by atoms with Gasteiger partial charge in [-0.1, -0.05) is 31.2 Å². The Kier molecular flexibility index (Phi) is 6.64. The number of nitrogens with zero attached hydrogens (tertiary/aromatic N) is 1. The Balaban J connectivity index is 1.83. The quantitative estimate of drug-likeness (QED) is 0.743. The molecule has 118 valence electrons. The van der Waals surface area contributed by atoms with Crippen LogP contribution in [0.3, 0.4) is 0 Å². The van der Waals surface area contributed by atoms with E-state index in [1.54, 1.807) is 14.2 Å². The number of likely N-dealkylation sites (tertiary alicyclic amines) is 1. The molecule has 1 saturated heterocycles. The summed E-state index contributed by atoms with van der Waals surface area (Å²) in [5.41, 5.74) is 2.69. The molecule has 1 heterocycles. The molecule has 21 heavy (non-hydrogen) atoms. The Labute approximate surface area is 128 Å². The highest BCUT2D eigenvalue weighted by atomic mass is 16.5. The largest absolute Gasteiger partial charge is 0.377 e. The van der Waals surface area contributed by atoms with Crippen LogP contribution in [0.2, 0.25) is 0 Å². The first-order valence-electron chi connectivity index (χ1n) is 7.83. The Morgan fingerprint density at radius 2 is 1.62 bits per heavy atom. The molecule has 0 aliphatic carbocycles. The van der Waals surface area contributed by atoms with Gasteiger partial charge in [0, 0.05) is 40.4 Å². The van der Waals surface area contributed by atoms with Gasteiger partial charge in [-0.25, -0.2) is 0 Å². The number of rotatable bonds is 8. The molecule has 0 aromatic heterocycles. The molecule has 0 spiro atoms. The third-order valence-corrected chi connectivity index (χ3v) is 4.08. The number of benzene rings is 1. The molecule has 1 aliphatic heterocycles. The molecule has 2 rings (SSSR count). The van der Waals surface area contributed by atoms with Crippen molar-refractivity contribution in [2.45, 2.75) is 38.6 Å². The van der Waals surface area contributed by atoms with Crippen molar-refractivity contribution in [3.05, 3.63) is 35.4 Å². The monoisotopic (exact) mass is 292 g/mol. The van der Waals surface area contributed by atoms with Crippen LogP contribution >= 0.6 is 0 Å². The van der Waals surface area contributed by atoms with Gasteiger partial charge in [0.15, 0.2) is 0 Å². The van der Waals surface area contributed by atoms with Crippen molar-refractivity contribution in [2.24, 2.45) is 0 Å². The van der Waals surface area contributed by atoms with E-state index in [2.05, 4.69) is 41.4 Å². The number of nitrogens with one attached hydrogen (secondary N) is 1. The van der Waals surface area contributed by atoms with Gasteiger partial charge in [0.05, 0.1) is 12.2 Å². The van der Waals surface area contributed by atoms with Gasteiger partial charge in [0.1, 0.15) is 0 Å². The predicted octanol–water partition coefficient (Wildman–Crippen LogP) is 2.03. The summed E-state index contributed by atoms with van der Waals surface area (Å²) < 4.78 is 11.0. The van der Waals surface area contributed by atoms with E-state index in [9.17, 15) is 0 Å². The zero-order valence-electron chi connectivity index (χ0n) is 13.5. The molecule has 1 N–H and O–H groups in total. The molecule has 2 unspecified atom stereocenters. The van der Waals surface area contributed by atoms with Crippen LogP contribution in [0.25, 0.3) is 0 Å². The first-order chi connectivity index (χ1) is 10.3. The molecular weight excluding hydrogens is 264 g/mol. The number of ether oxygens (including phenoxy) is 2. The van der Waals surface area contributed by atoms with Crippen LogP contribution in [0.1, 0.15) is 24.5 Å². The molecule has 1 fully saturated rings. The highest BCUT2D eigenvalue weighted by Gasteiger charge is 2.32. The molecule has 4 heteroatoms. The van der Waals surface area contributed by atoms with Crippen molar-refractivity contribution in [2.75, 3.05) is 33.9 Å². The van der Waals surface area contributed by atoms with Crippen molar-refractivity contribution >= 4 is 0 Å². The third-order valence-electron chi connectivity index (χ3n) is 4.08. The molecule has 0 amide bonds. The van der Waals surface area contributed by atoms with Gasteiger partial charge in [-0.2, -0.15) is 0 Å². The molecule has 0 bridgehead atoms. The summed E-state index contributed by atoms with van der Waals surface area (Å²) in [5.74, 6) is 0. The molecule has 1 aromatic carbocycles. The Morgan fingerprint density at radius 1 is 1.05 bits per heavy atom. The van der Waals surface area contributed by atoms with Crippen LogP contribution in [0.5, 0.6) is 0 Å². The average Bonchev–Trinajstić information content (AvgIpc) is 2.91. The van der Waals surface area contributed by atoms with E-state index >= 15 is 0 Å². The fourth-order valence-corrected chi connectivity index (χ4v) is 2.83. The minimum atomic E-state index is 0.188. The predicted molar refractivity (Wildman–Crippen MR) is 85.3 cm³/mol. The van der Waals surface area contributed by atoms with E-state index in [0.29, 0.717) is 0 Å². The zero-order chi connectivity index (χ0) is 15.1. The number of hydrogen-bond acceptors (Lipinski definition) is 4. The standard InChI is InChI=1S/C17H28N2O2/c1-4-9-18-10-14-5-7-15(8-6-14)11-19-12-16(20-2)17(13-19)21-3/h5-8,16-18H,4,9-13H2,1-3H3. The summed E-state index contributed by atoms with van der Waals surface area (Å²) in [4.78, 5) is 2.40. The highest BCUT2D eigenvalue weighted by molar-refractivity contribution is 5.22. The van der Waals surface area contributed by atoms with Crippen molar-refractivity contribution < 1.29 is 9.47 Å². The van der Waals surface area contributed by atoms with E-state index in [0.717, 1.165) is 32.7 Å². The van der Waals surface area contributed by atoms with Crippen molar-refractivity contribution in [3.8, 4) is 0 Å². The van der Waals surface area contributed by atoms with Crippen molar-refractivity contribution in [1.29, 1.82) is 0 Å². The van der Waals surface area contributed by atoms with E-state index in [-0.39, 0.29) is 12.2 Å². The molecule has 0 saturated carbocycles. The maximum absolute atomic E-state index is 5.48. The second-order valence-corrected chi connectivity index (χ2v) is 5.74. The zero-order valence-corrected chi connectivity index (χ0v) is 13.5. The second-order valence-electron chi connectivity index (χ2n) is 5.74. The number of hydrogen-bond donors (Lipinski definition) is 1. The molecule has 0 radical (unpaired) electrons. The summed E-state index contributed by atoms with van der Waals surface area (Å²) in [6, 6.07) is 8.89. The van der Waals surface area contributed by atoms with Crippen LogP contribution in [0.15, 0.2) is 24.3 Å². The minimum absolute atomic E-state index is 0.188. The van der Waals surface area contributed by atoms with Crippen LogP contribution in [-0.2, 0) is 22.6 Å². The summed E-state index contributed by atoms with van der Waals surface area (Å²) in [5, 5.41) is 3.43. The van der Waals surface area contributed by atoms with Crippen molar-refractivity contribution in [3.63, 3.8) is 0 Å². The average molecular weight is 292 g/mol. The van der Waals surface area contributed by atoms with Gasteiger partial charge >= 0.3 is 0 Å². The van der Waals surface area contributed by atoms with E-state index < -0.39 is 0 Å². The van der Waals surface area contributed by atoms with E-state index in [1.165, 1.54) is 17.5 Å². The maximum Gasteiger partial charge on any atom is 0.0971 e. The topological polar surface area (TPSA) is 33.7 Å². The van der Waals surface area contributed by atoms with Gasteiger partial charge in [-0.3, -0.25) is 4.90 Å². The molecule has 2 atom stereocenters. The lowest BCUT2D eigenvalue weighted by atomic mass is 10.1. The molecular formula is C17H28N2O2. The summed E-state index contributed by atoms with van der Waals surface area (Å²) in [6.45, 7) is 7.06. The smallest absolute Gasteiger partial charge is 0.0971 e. The molecule has 1 aliphatic rings. The molecule has 1 aromatic rings. The normalized spacial score (nSPS) is 22.8. The van der Waals surface area contributed by atoms with Gasteiger partial charge in [0.25, 0.3) is 0 Å². The van der Waals surface area contributed by atoms with Gasteiger partial charge < -0.3 is 14.8 Å². The third kappa shape index (κ3) is 4.78. The fourth-order valence-electron chi connectivity index (χ4n) is 2.83. The van der Waals surface area contributed by atoms with Crippen LogP contribution in [0.4, 0.5) is 0 Å². The van der Waals surface area contributed by atoms with E-state index in [1.807, 2.05) is 0 Å². The van der Waals surface area contributed by atoms with Crippen molar-refractivity contribution in [1.82, 2.24) is 10.2 Å². The molecule has 4 nitrogen and oxygen atoms in total. The second kappa shape index (κ2) is 8.49. The van der Waals surface area contributed by atoms with Gasteiger partial charge in [-0.15, -0.1) is 0 Å². The Hall–Kier alpha value is -0.940. The van der Waals surface area contributed by atoms with Gasteiger partial charge in [-0.05, 0) is 24.1 Å². The van der Waals surface area contributed by atoms with Crippen LogP contribution < -0.4 is 5.32 Å². The fraction of sp³-hybridized carbons (Fsp3) is 0.647. The lowest BCUT2D eigenvalue weighted by Crippen LogP contribution is -2.27. The summed E-state index contributed by atoms with van der Waals surface area (Å²) in [7, 11) is 3.52. The number of methoxy groups -OCH3 is 2. The van der Waals surface area contributed by atoms with Crippen LogP contribution in [-0.4, -0.2) is 51.0 Å². The first kappa shape index (κ1) is 16.4. The van der Waals surface area contributed by atoms with Crippen LogP contribution in [0, 0.1) is 0 Å². The lowest BCUT2D eigenvalue weighted by Gasteiger charge is -2.15. The summed E-state index contributed by atoms with van der Waals surface area (Å²) >= 11 is 0. The highest BCUT2D eigenvalue weighted by Crippen LogP contribution is 2.18. The minimum Gasteiger partial charge on any atom is -0.377 e.